The average Bonchev–Trinajstić information content (AvgIpc) is 3.20. The van der Waals surface area contributed by atoms with Gasteiger partial charge in [-0.1, -0.05) is 35.3 Å². The van der Waals surface area contributed by atoms with E-state index in [4.69, 9.17) is 40.2 Å². The normalized spacial score (nSPS) is 11.7. The van der Waals surface area contributed by atoms with Gasteiger partial charge in [0, 0.05) is 16.3 Å². The molecule has 4 rings (SSSR count). The molecule has 9 heteroatoms. The summed E-state index contributed by atoms with van der Waals surface area (Å²) < 4.78 is 5.60. The van der Waals surface area contributed by atoms with Gasteiger partial charge in [0.25, 0.3) is 5.91 Å². The Balaban J connectivity index is 1.34. The Morgan fingerprint density at radius 3 is 2.56 bits per heavy atom. The quantitative estimate of drug-likeness (QED) is 0.311. The molecule has 3 N–H and O–H groups in total. The average molecular weight is 485 g/mol. The van der Waals surface area contributed by atoms with E-state index in [-0.39, 0.29) is 5.11 Å². The van der Waals surface area contributed by atoms with Gasteiger partial charge in [-0.2, -0.15) is 0 Å². The predicted molar refractivity (Wildman–Crippen MR) is 132 cm³/mol. The predicted octanol–water partition coefficient (Wildman–Crippen LogP) is 5.82. The molecule has 0 aliphatic heterocycles. The lowest BCUT2D eigenvalue weighted by atomic mass is 10.2. The molecular weight excluding hydrogens is 467 g/mol. The van der Waals surface area contributed by atoms with Gasteiger partial charge in [0.15, 0.2) is 11.2 Å². The topological polar surface area (TPSA) is 79.0 Å². The summed E-state index contributed by atoms with van der Waals surface area (Å²) in [6.07, 6.45) is -0.816. The molecule has 0 fully saturated rings. The number of hydrogen-bond acceptors (Lipinski definition) is 4. The van der Waals surface area contributed by atoms with Crippen molar-refractivity contribution in [3.63, 3.8) is 0 Å². The zero-order chi connectivity index (χ0) is 22.7. The molecule has 0 bridgehead atoms. The molecule has 3 aromatic carbocycles. The highest BCUT2D eigenvalue weighted by Gasteiger charge is 2.17. The first-order valence-electron chi connectivity index (χ1n) is 9.68. The van der Waals surface area contributed by atoms with Gasteiger partial charge in [-0.05, 0) is 73.7 Å². The second-order valence-corrected chi connectivity index (χ2v) is 8.21. The molecule has 1 heterocycles. The molecule has 162 valence electrons. The van der Waals surface area contributed by atoms with Crippen LogP contribution in [0.4, 0.5) is 5.69 Å². The third kappa shape index (κ3) is 5.19. The highest BCUT2D eigenvalue weighted by molar-refractivity contribution is 7.80. The van der Waals surface area contributed by atoms with Gasteiger partial charge in [-0.25, -0.2) is 4.98 Å². The number of fused-ring (bicyclic) bond motifs is 1. The van der Waals surface area contributed by atoms with Crippen molar-refractivity contribution in [1.29, 1.82) is 0 Å². The summed E-state index contributed by atoms with van der Waals surface area (Å²) in [4.78, 5) is 20.3. The van der Waals surface area contributed by atoms with Crippen molar-refractivity contribution in [1.82, 2.24) is 15.3 Å². The van der Waals surface area contributed by atoms with Gasteiger partial charge in [0.1, 0.15) is 11.6 Å². The Bertz CT molecular complexity index is 1260. The van der Waals surface area contributed by atoms with Crippen molar-refractivity contribution >= 4 is 63.2 Å². The molecule has 0 aliphatic rings. The highest BCUT2D eigenvalue weighted by atomic mass is 35.5. The van der Waals surface area contributed by atoms with Gasteiger partial charge in [-0.3, -0.25) is 10.1 Å². The molecule has 1 amide bonds. The molecule has 32 heavy (non-hydrogen) atoms. The van der Waals surface area contributed by atoms with Crippen molar-refractivity contribution in [3.8, 4) is 17.1 Å². The van der Waals surface area contributed by atoms with Crippen molar-refractivity contribution in [2.45, 2.75) is 13.0 Å². The summed E-state index contributed by atoms with van der Waals surface area (Å²) in [7, 11) is 0. The third-order valence-electron chi connectivity index (χ3n) is 4.61. The molecule has 6 nitrogen and oxygen atoms in total. The lowest BCUT2D eigenvalue weighted by Crippen LogP contribution is -2.42. The molecule has 0 radical (unpaired) electrons. The van der Waals surface area contributed by atoms with Gasteiger partial charge in [0.2, 0.25) is 0 Å². The second-order valence-electron chi connectivity index (χ2n) is 6.96. The number of carbonyl (C=O) groups is 1. The van der Waals surface area contributed by atoms with E-state index >= 15 is 0 Å². The maximum Gasteiger partial charge on any atom is 0.266 e. The number of amides is 1. The van der Waals surface area contributed by atoms with Crippen LogP contribution in [0.3, 0.4) is 0 Å². The lowest BCUT2D eigenvalue weighted by Gasteiger charge is -2.16. The number of nitrogens with zero attached hydrogens (tertiary/aromatic N) is 1. The molecule has 4 aromatic rings. The van der Waals surface area contributed by atoms with Crippen molar-refractivity contribution in [2.75, 3.05) is 5.32 Å². The fourth-order valence-electron chi connectivity index (χ4n) is 2.99. The van der Waals surface area contributed by atoms with Gasteiger partial charge >= 0.3 is 0 Å². The zero-order valence-corrected chi connectivity index (χ0v) is 19.2. The van der Waals surface area contributed by atoms with E-state index in [1.807, 2.05) is 48.5 Å². The number of para-hydroxylation sites is 2. The van der Waals surface area contributed by atoms with Crippen LogP contribution in [-0.4, -0.2) is 27.1 Å². The van der Waals surface area contributed by atoms with E-state index in [2.05, 4.69) is 20.6 Å². The molecule has 0 spiro atoms. The molecule has 0 aliphatic carbocycles. The first-order chi connectivity index (χ1) is 15.4. The van der Waals surface area contributed by atoms with Crippen LogP contribution in [0.1, 0.15) is 6.92 Å². The molecule has 0 saturated heterocycles. The number of carbonyl (C=O) groups excluding carboxylic acids is 1. The van der Waals surface area contributed by atoms with E-state index in [0.29, 0.717) is 15.8 Å². The monoisotopic (exact) mass is 484 g/mol. The number of halogens is 2. The molecule has 0 saturated carbocycles. The smallest absolute Gasteiger partial charge is 0.266 e. The van der Waals surface area contributed by atoms with Crippen molar-refractivity contribution in [2.24, 2.45) is 0 Å². The molecule has 1 unspecified atom stereocenters. The van der Waals surface area contributed by atoms with Gasteiger partial charge in [0.05, 0.1) is 16.1 Å². The second kappa shape index (κ2) is 9.56. The minimum Gasteiger partial charge on any atom is -0.479 e. The number of anilines is 1. The molecule has 1 aromatic heterocycles. The fraction of sp³-hybridized carbons (Fsp3) is 0.0870. The number of aromatic nitrogens is 2. The number of nitrogens with one attached hydrogen (secondary N) is 3. The fourth-order valence-corrected chi connectivity index (χ4v) is 3.66. The van der Waals surface area contributed by atoms with Crippen LogP contribution in [0, 0.1) is 0 Å². The number of imidazole rings is 1. The summed E-state index contributed by atoms with van der Waals surface area (Å²) in [6, 6.07) is 20.2. The molecular formula is C23H18Cl2N4O2S. The van der Waals surface area contributed by atoms with Crippen LogP contribution in [0.25, 0.3) is 22.4 Å². The summed E-state index contributed by atoms with van der Waals surface area (Å²) in [5.41, 5.74) is 3.54. The lowest BCUT2D eigenvalue weighted by molar-refractivity contribution is -0.125. The Kier molecular flexibility index (Phi) is 6.60. The Labute approximate surface area is 199 Å². The number of benzene rings is 3. The van der Waals surface area contributed by atoms with Gasteiger partial charge < -0.3 is 15.0 Å². The standard InChI is InChI=1S/C23H18Cl2N4O2S/c1-13(31-20-11-8-15(24)12-17(20)25)22(30)29-23(32)26-16-9-6-14(7-10-16)21-27-18-4-2-3-5-19(18)28-21/h2-13H,1H3,(H,27,28)(H2,26,29,30,32). The highest BCUT2D eigenvalue weighted by Crippen LogP contribution is 2.28. The number of aromatic amines is 1. The number of thiocarbonyl (C=S) groups is 1. The summed E-state index contributed by atoms with van der Waals surface area (Å²) in [5, 5.41) is 6.56. The van der Waals surface area contributed by atoms with Crippen LogP contribution >= 0.6 is 35.4 Å². The summed E-state index contributed by atoms with van der Waals surface area (Å²) in [5.74, 6) is 0.728. The van der Waals surface area contributed by atoms with Crippen LogP contribution < -0.4 is 15.4 Å². The van der Waals surface area contributed by atoms with Crippen molar-refractivity contribution < 1.29 is 9.53 Å². The Morgan fingerprint density at radius 2 is 1.84 bits per heavy atom. The minimum absolute atomic E-state index is 0.157. The first-order valence-corrected chi connectivity index (χ1v) is 10.8. The Hall–Kier alpha value is -3.13. The van der Waals surface area contributed by atoms with Crippen LogP contribution in [0.2, 0.25) is 10.0 Å². The van der Waals surface area contributed by atoms with Crippen molar-refractivity contribution in [3.05, 3.63) is 76.8 Å². The number of hydrogen-bond donors (Lipinski definition) is 3. The number of ether oxygens (including phenoxy) is 1. The maximum absolute atomic E-state index is 12.4. The summed E-state index contributed by atoms with van der Waals surface area (Å²) >= 11 is 17.2. The summed E-state index contributed by atoms with van der Waals surface area (Å²) in [6.45, 7) is 1.60. The minimum atomic E-state index is -0.816. The van der Waals surface area contributed by atoms with Crippen LogP contribution in [0.5, 0.6) is 5.75 Å². The SMILES string of the molecule is CC(Oc1ccc(Cl)cc1Cl)C(=O)NC(=S)Nc1ccc(-c2nc3ccccc3[nH]2)cc1. The van der Waals surface area contributed by atoms with Crippen LogP contribution in [-0.2, 0) is 4.79 Å². The zero-order valence-electron chi connectivity index (χ0n) is 16.9. The van der Waals surface area contributed by atoms with E-state index in [0.717, 1.165) is 28.1 Å². The Morgan fingerprint density at radius 1 is 1.09 bits per heavy atom. The van der Waals surface area contributed by atoms with Crippen LogP contribution in [0.15, 0.2) is 66.7 Å². The number of H-pyrrole nitrogens is 1. The van der Waals surface area contributed by atoms with E-state index < -0.39 is 12.0 Å². The third-order valence-corrected chi connectivity index (χ3v) is 5.34. The van der Waals surface area contributed by atoms with E-state index in [1.165, 1.54) is 0 Å². The molecule has 1 atom stereocenters. The van der Waals surface area contributed by atoms with E-state index in [1.54, 1.807) is 25.1 Å². The first kappa shape index (κ1) is 22.1. The largest absolute Gasteiger partial charge is 0.479 e. The maximum atomic E-state index is 12.4. The number of rotatable bonds is 5. The van der Waals surface area contributed by atoms with Gasteiger partial charge in [-0.15, -0.1) is 0 Å². The van der Waals surface area contributed by atoms with E-state index in [9.17, 15) is 4.79 Å².